The van der Waals surface area contributed by atoms with Crippen molar-refractivity contribution in [3.63, 3.8) is 0 Å². The van der Waals surface area contributed by atoms with E-state index in [0.29, 0.717) is 53.9 Å². The summed E-state index contributed by atoms with van der Waals surface area (Å²) in [6.07, 6.45) is 3.01. The van der Waals surface area contributed by atoms with Crippen LogP contribution in [0.2, 0.25) is 20.1 Å². The van der Waals surface area contributed by atoms with Gasteiger partial charge < -0.3 is 35.0 Å². The molecule has 0 radical (unpaired) electrons. The Morgan fingerprint density at radius 2 is 1.13 bits per heavy atom. The lowest BCUT2D eigenvalue weighted by Crippen LogP contribution is -2.36. The van der Waals surface area contributed by atoms with E-state index in [0.717, 1.165) is 75.2 Å². The van der Waals surface area contributed by atoms with E-state index in [-0.39, 0.29) is 0 Å². The molecule has 0 spiro atoms. The fourth-order valence-electron chi connectivity index (χ4n) is 5.53. The van der Waals surface area contributed by atoms with E-state index >= 15 is 0 Å². The van der Waals surface area contributed by atoms with E-state index in [1.54, 1.807) is 0 Å². The first-order valence-corrected chi connectivity index (χ1v) is 16.4. The highest BCUT2D eigenvalue weighted by Crippen LogP contribution is 2.33. The summed E-state index contributed by atoms with van der Waals surface area (Å²) in [5.74, 6) is 1.38. The van der Waals surface area contributed by atoms with Gasteiger partial charge in [-0.15, -0.1) is 0 Å². The molecule has 47 heavy (non-hydrogen) atoms. The number of nitrogens with two attached hydrogens (primary N) is 1. The molecular formula is C32H29Cl4N9O2. The number of hydrogen-bond acceptors (Lipinski definition) is 9. The van der Waals surface area contributed by atoms with Gasteiger partial charge in [-0.3, -0.25) is 0 Å². The monoisotopic (exact) mass is 711 g/mol. The molecule has 8 rings (SSSR count). The number of ether oxygens (including phenoxy) is 2. The average molecular weight is 713 g/mol. The molecule has 2 saturated heterocycles. The van der Waals surface area contributed by atoms with Crippen LogP contribution in [-0.2, 0) is 9.47 Å². The predicted octanol–water partition coefficient (Wildman–Crippen LogP) is 7.12. The van der Waals surface area contributed by atoms with E-state index in [1.807, 2.05) is 30.3 Å². The molecule has 2 fully saturated rings. The molecule has 6 aromatic rings. The smallest absolute Gasteiger partial charge is 0.179 e. The summed E-state index contributed by atoms with van der Waals surface area (Å²) < 4.78 is 10.8. The quantitative estimate of drug-likeness (QED) is 0.163. The summed E-state index contributed by atoms with van der Waals surface area (Å²) in [7, 11) is 0. The zero-order valence-electron chi connectivity index (χ0n) is 24.9. The molecule has 0 bridgehead atoms. The van der Waals surface area contributed by atoms with Gasteiger partial charge in [-0.25, -0.2) is 19.9 Å². The second kappa shape index (κ2) is 13.7. The number of anilines is 3. The van der Waals surface area contributed by atoms with Gasteiger partial charge in [0.15, 0.2) is 11.3 Å². The molecular weight excluding hydrogens is 684 g/mol. The van der Waals surface area contributed by atoms with Gasteiger partial charge in [0.1, 0.15) is 22.7 Å². The number of halogens is 4. The van der Waals surface area contributed by atoms with E-state index in [4.69, 9.17) is 61.6 Å². The normalized spacial score (nSPS) is 15.2. The Morgan fingerprint density at radius 1 is 0.638 bits per heavy atom. The molecule has 4 aromatic heterocycles. The van der Waals surface area contributed by atoms with Gasteiger partial charge in [0.05, 0.1) is 57.9 Å². The number of aromatic nitrogens is 6. The second-order valence-electron chi connectivity index (χ2n) is 10.9. The number of nitrogens with zero attached hydrogens (tertiary/aromatic N) is 6. The van der Waals surface area contributed by atoms with Gasteiger partial charge in [0, 0.05) is 55.4 Å². The van der Waals surface area contributed by atoms with Crippen LogP contribution in [0.3, 0.4) is 0 Å². The maximum atomic E-state index is 6.25. The van der Waals surface area contributed by atoms with Crippen molar-refractivity contribution in [2.45, 2.75) is 0 Å². The Bertz CT molecular complexity index is 2040. The van der Waals surface area contributed by atoms with Crippen LogP contribution < -0.4 is 15.5 Å². The molecule has 0 aliphatic carbocycles. The molecule has 6 heterocycles. The molecule has 4 N–H and O–H groups in total. The van der Waals surface area contributed by atoms with Crippen molar-refractivity contribution in [1.82, 2.24) is 29.9 Å². The number of H-pyrrole nitrogens is 2. The maximum absolute atomic E-state index is 6.25. The lowest BCUT2D eigenvalue weighted by Gasteiger charge is -2.29. The summed E-state index contributed by atoms with van der Waals surface area (Å²) in [5.41, 5.74) is 13.4. The van der Waals surface area contributed by atoms with Crippen molar-refractivity contribution >= 4 is 85.8 Å². The minimum Gasteiger partial charge on any atom is -0.397 e. The third-order valence-corrected chi connectivity index (χ3v) is 9.55. The topological polar surface area (TPSA) is 134 Å². The predicted molar refractivity (Wildman–Crippen MR) is 189 cm³/mol. The van der Waals surface area contributed by atoms with Crippen LogP contribution in [0.1, 0.15) is 0 Å². The summed E-state index contributed by atoms with van der Waals surface area (Å²) >= 11 is 24.4. The van der Waals surface area contributed by atoms with Crippen molar-refractivity contribution in [3.8, 4) is 22.8 Å². The highest BCUT2D eigenvalue weighted by Gasteiger charge is 2.17. The number of pyridine rings is 2. The summed E-state index contributed by atoms with van der Waals surface area (Å²) in [4.78, 5) is 28.2. The highest BCUT2D eigenvalue weighted by molar-refractivity contribution is 6.45. The largest absolute Gasteiger partial charge is 0.397 e. The zero-order chi connectivity index (χ0) is 32.5. The first-order chi connectivity index (χ1) is 22.9. The van der Waals surface area contributed by atoms with Gasteiger partial charge in [0.2, 0.25) is 0 Å². The van der Waals surface area contributed by atoms with Crippen LogP contribution in [0.15, 0.2) is 54.9 Å². The molecule has 0 saturated carbocycles. The Hall–Kier alpha value is -3.84. The van der Waals surface area contributed by atoms with Crippen molar-refractivity contribution in [2.75, 3.05) is 68.1 Å². The molecule has 0 unspecified atom stereocenters. The zero-order valence-corrected chi connectivity index (χ0v) is 28.0. The number of hydrogen-bond donors (Lipinski definition) is 3. The number of morpholine rings is 2. The van der Waals surface area contributed by atoms with Crippen LogP contribution in [0.4, 0.5) is 17.1 Å². The molecule has 0 atom stereocenters. The number of rotatable bonds is 4. The Kier molecular flexibility index (Phi) is 9.26. The van der Waals surface area contributed by atoms with E-state index in [1.165, 1.54) is 18.1 Å². The van der Waals surface area contributed by atoms with Crippen LogP contribution in [0.25, 0.3) is 45.1 Å². The Morgan fingerprint density at radius 3 is 1.66 bits per heavy atom. The average Bonchev–Trinajstić information content (AvgIpc) is 3.75. The van der Waals surface area contributed by atoms with Gasteiger partial charge in [-0.05, 0) is 42.5 Å². The molecule has 2 aromatic carbocycles. The first-order valence-electron chi connectivity index (χ1n) is 14.9. The van der Waals surface area contributed by atoms with Crippen LogP contribution >= 0.6 is 46.4 Å². The van der Waals surface area contributed by atoms with Crippen LogP contribution in [0, 0.1) is 0 Å². The third kappa shape index (κ3) is 6.64. The Labute approximate surface area is 289 Å². The fraction of sp³-hybridized carbons (Fsp3) is 0.250. The minimum absolute atomic E-state index is 0.390. The molecule has 11 nitrogen and oxygen atoms in total. The van der Waals surface area contributed by atoms with Crippen LogP contribution in [0.5, 0.6) is 0 Å². The highest BCUT2D eigenvalue weighted by atomic mass is 35.5. The molecule has 15 heteroatoms. The lowest BCUT2D eigenvalue weighted by atomic mass is 10.1. The Balaban J connectivity index is 0.000000150. The number of imidazole rings is 2. The van der Waals surface area contributed by atoms with Crippen molar-refractivity contribution < 1.29 is 9.47 Å². The second-order valence-corrected chi connectivity index (χ2v) is 12.5. The maximum Gasteiger partial charge on any atom is 0.179 e. The van der Waals surface area contributed by atoms with Gasteiger partial charge in [-0.2, -0.15) is 0 Å². The minimum atomic E-state index is 0.390. The molecule has 0 amide bonds. The third-order valence-electron chi connectivity index (χ3n) is 8.00. The van der Waals surface area contributed by atoms with Gasteiger partial charge >= 0.3 is 0 Å². The van der Waals surface area contributed by atoms with E-state index in [2.05, 4.69) is 51.8 Å². The molecule has 2 aliphatic heterocycles. The number of nitrogens with one attached hydrogen (secondary N) is 2. The van der Waals surface area contributed by atoms with Gasteiger partial charge in [0.25, 0.3) is 0 Å². The lowest BCUT2D eigenvalue weighted by molar-refractivity contribution is 0.122. The van der Waals surface area contributed by atoms with Crippen LogP contribution in [-0.4, -0.2) is 82.5 Å². The van der Waals surface area contributed by atoms with Crippen molar-refractivity contribution in [1.29, 1.82) is 0 Å². The standard InChI is InChI=1S/C16H15Cl2N5O.C16H14Cl2N4O/c17-10-8-20-16-14(13(10)18)21-15(22-16)9-1-2-12(11(19)7-9)23-3-5-24-6-4-23;17-12-9-19-16-14(13(12)18)20-15(21-16)10-1-3-11(4-2-10)22-5-7-23-8-6-22/h1-2,7-8H,3-6,19H2,(H,20,21,22);1-4,9H,5-8H2,(H,19,20,21). The SMILES string of the molecule is Clc1cnc2nc(-c3ccc(N4CCOCC4)cc3)[nH]c2c1Cl.Nc1cc(-c2nc3ncc(Cl)c(Cl)c3[nH]2)ccc1N1CCOCC1. The van der Waals surface area contributed by atoms with E-state index < -0.39 is 0 Å². The van der Waals surface area contributed by atoms with Crippen molar-refractivity contribution in [3.05, 3.63) is 74.9 Å². The van der Waals surface area contributed by atoms with Gasteiger partial charge in [-0.1, -0.05) is 46.4 Å². The summed E-state index contributed by atoms with van der Waals surface area (Å²) in [6, 6.07) is 14.2. The fourth-order valence-corrected chi connectivity index (χ4v) is 6.18. The molecule has 242 valence electrons. The number of benzene rings is 2. The molecule has 2 aliphatic rings. The first kappa shape index (κ1) is 31.7. The number of aromatic amines is 2. The van der Waals surface area contributed by atoms with Crippen molar-refractivity contribution in [2.24, 2.45) is 0 Å². The number of nitrogen functional groups attached to an aromatic ring is 1. The summed E-state index contributed by atoms with van der Waals surface area (Å²) in [5, 5.41) is 1.66. The number of fused-ring (bicyclic) bond motifs is 2. The van der Waals surface area contributed by atoms with E-state index in [9.17, 15) is 0 Å². The summed E-state index contributed by atoms with van der Waals surface area (Å²) in [6.45, 7) is 6.50.